The lowest BCUT2D eigenvalue weighted by atomic mass is 10.1. The molecule has 0 spiro atoms. The molecule has 0 saturated heterocycles. The Bertz CT molecular complexity index is 848. The fourth-order valence-electron chi connectivity index (χ4n) is 1.89. The topological polar surface area (TPSA) is 106 Å². The van der Waals surface area contributed by atoms with E-state index in [0.717, 1.165) is 0 Å². The molecule has 3 N–H and O–H groups in total. The molecule has 2 aromatic carbocycles. The van der Waals surface area contributed by atoms with Crippen LogP contribution in [0.3, 0.4) is 0 Å². The monoisotopic (exact) mass is 352 g/mol. The molecule has 6 nitrogen and oxygen atoms in total. The second-order valence-corrected chi connectivity index (χ2v) is 7.10. The molecule has 0 aliphatic rings. The van der Waals surface area contributed by atoms with Gasteiger partial charge in [-0.1, -0.05) is 23.7 Å². The van der Waals surface area contributed by atoms with E-state index in [1.165, 1.54) is 36.4 Å². The van der Waals surface area contributed by atoms with Crippen molar-refractivity contribution in [3.05, 3.63) is 59.1 Å². The van der Waals surface area contributed by atoms with Crippen LogP contribution in [0.1, 0.15) is 10.4 Å². The average Bonchev–Trinajstić information content (AvgIpc) is 2.47. The Kier molecular flexibility index (Phi) is 5.02. The minimum atomic E-state index is -3.82. The molecule has 0 aromatic heterocycles. The van der Waals surface area contributed by atoms with Crippen LogP contribution in [0.25, 0.3) is 0 Å². The van der Waals surface area contributed by atoms with Gasteiger partial charge in [0.25, 0.3) is 5.91 Å². The number of carbonyl (C=O) groups is 2. The third-order valence-electron chi connectivity index (χ3n) is 2.96. The van der Waals surface area contributed by atoms with Crippen LogP contribution in [-0.2, 0) is 14.6 Å². The number of rotatable bonds is 5. The molecule has 0 fully saturated rings. The van der Waals surface area contributed by atoms with Gasteiger partial charge in [0.2, 0.25) is 5.91 Å². The van der Waals surface area contributed by atoms with Crippen molar-refractivity contribution in [3.63, 3.8) is 0 Å². The molecule has 0 heterocycles. The van der Waals surface area contributed by atoms with E-state index in [-0.39, 0.29) is 16.1 Å². The maximum absolute atomic E-state index is 12.2. The predicted octanol–water partition coefficient (Wildman–Crippen LogP) is 1.85. The summed E-state index contributed by atoms with van der Waals surface area (Å²) in [7, 11) is -3.82. The predicted molar refractivity (Wildman–Crippen MR) is 87.1 cm³/mol. The van der Waals surface area contributed by atoms with Crippen molar-refractivity contribution in [1.82, 2.24) is 0 Å². The van der Waals surface area contributed by atoms with E-state index >= 15 is 0 Å². The zero-order chi connectivity index (χ0) is 17.0. The molecule has 8 heteroatoms. The third-order valence-corrected chi connectivity index (χ3v) is 4.85. The highest BCUT2D eigenvalue weighted by Gasteiger charge is 2.20. The smallest absolute Gasteiger partial charge is 0.250 e. The van der Waals surface area contributed by atoms with Crippen LogP contribution >= 0.6 is 11.6 Å². The van der Waals surface area contributed by atoms with Gasteiger partial charge in [-0.3, -0.25) is 9.59 Å². The number of hydrogen-bond acceptors (Lipinski definition) is 4. The lowest BCUT2D eigenvalue weighted by Crippen LogP contribution is -2.24. The first-order chi connectivity index (χ1) is 10.8. The van der Waals surface area contributed by atoms with Gasteiger partial charge in [0.1, 0.15) is 5.75 Å². The fraction of sp³-hybridized carbons (Fsp3) is 0.0667. The number of sulfone groups is 1. The van der Waals surface area contributed by atoms with E-state index in [9.17, 15) is 18.0 Å². The number of hydrogen-bond donors (Lipinski definition) is 2. The van der Waals surface area contributed by atoms with E-state index in [0.29, 0.717) is 5.02 Å². The van der Waals surface area contributed by atoms with E-state index in [2.05, 4.69) is 5.32 Å². The van der Waals surface area contributed by atoms with Gasteiger partial charge in [-0.2, -0.15) is 0 Å². The first kappa shape index (κ1) is 17.0. The van der Waals surface area contributed by atoms with Crippen molar-refractivity contribution in [2.24, 2.45) is 5.73 Å². The normalized spacial score (nSPS) is 11.0. The summed E-state index contributed by atoms with van der Waals surface area (Å²) in [5, 5.41) is 2.78. The van der Waals surface area contributed by atoms with Crippen molar-refractivity contribution < 1.29 is 18.0 Å². The van der Waals surface area contributed by atoms with Crippen molar-refractivity contribution in [1.29, 1.82) is 0 Å². The van der Waals surface area contributed by atoms with Gasteiger partial charge in [0.05, 0.1) is 16.1 Å². The van der Waals surface area contributed by atoms with Gasteiger partial charge >= 0.3 is 0 Å². The number of benzene rings is 2. The van der Waals surface area contributed by atoms with Crippen LogP contribution in [0.15, 0.2) is 53.4 Å². The lowest BCUT2D eigenvalue weighted by Gasteiger charge is -2.09. The standard InChI is InChI=1S/C15H13ClN2O4S/c16-10-5-7-11(8-6-10)23(21,22)9-14(19)18-13-4-2-1-3-12(13)15(17)20/h1-8H,9H2,(H2,17,20)(H,18,19). The molecule has 0 radical (unpaired) electrons. The Labute approximate surface area is 138 Å². The zero-order valence-electron chi connectivity index (χ0n) is 11.8. The molecule has 0 atom stereocenters. The van der Waals surface area contributed by atoms with Gasteiger partial charge in [-0.25, -0.2) is 8.42 Å². The Morgan fingerprint density at radius 1 is 1.04 bits per heavy atom. The summed E-state index contributed by atoms with van der Waals surface area (Å²) in [4.78, 5) is 23.2. The summed E-state index contributed by atoms with van der Waals surface area (Å²) < 4.78 is 24.3. The number of anilines is 1. The molecule has 23 heavy (non-hydrogen) atoms. The molecule has 2 amide bonds. The highest BCUT2D eigenvalue weighted by Crippen LogP contribution is 2.17. The van der Waals surface area contributed by atoms with Crippen LogP contribution in [-0.4, -0.2) is 26.0 Å². The Morgan fingerprint density at radius 2 is 1.65 bits per heavy atom. The number of carbonyl (C=O) groups excluding carboxylic acids is 2. The fourth-order valence-corrected chi connectivity index (χ4v) is 3.15. The highest BCUT2D eigenvalue weighted by atomic mass is 35.5. The van der Waals surface area contributed by atoms with Crippen molar-refractivity contribution in [2.45, 2.75) is 4.90 Å². The van der Waals surface area contributed by atoms with E-state index in [1.54, 1.807) is 12.1 Å². The summed E-state index contributed by atoms with van der Waals surface area (Å²) >= 11 is 5.70. The summed E-state index contributed by atoms with van der Waals surface area (Å²) in [6.45, 7) is 0. The Balaban J connectivity index is 2.16. The summed E-state index contributed by atoms with van der Waals surface area (Å²) in [5.41, 5.74) is 5.47. The van der Waals surface area contributed by atoms with Crippen LogP contribution in [0.2, 0.25) is 5.02 Å². The second kappa shape index (κ2) is 6.80. The largest absolute Gasteiger partial charge is 0.366 e. The molecule has 2 rings (SSSR count). The van der Waals surface area contributed by atoms with Crippen molar-refractivity contribution in [3.8, 4) is 0 Å². The third kappa shape index (κ3) is 4.30. The van der Waals surface area contributed by atoms with E-state index < -0.39 is 27.4 Å². The molecule has 0 saturated carbocycles. The number of nitrogens with two attached hydrogens (primary N) is 1. The van der Waals surface area contributed by atoms with Gasteiger partial charge in [0, 0.05) is 5.02 Å². The first-order valence-corrected chi connectivity index (χ1v) is 8.49. The second-order valence-electron chi connectivity index (χ2n) is 4.67. The Hall–Kier alpha value is -2.38. The van der Waals surface area contributed by atoms with Crippen LogP contribution in [0, 0.1) is 0 Å². The summed E-state index contributed by atoms with van der Waals surface area (Å²) in [6, 6.07) is 11.6. The highest BCUT2D eigenvalue weighted by molar-refractivity contribution is 7.92. The van der Waals surface area contributed by atoms with Crippen molar-refractivity contribution >= 4 is 38.9 Å². The molecule has 0 aliphatic heterocycles. The summed E-state index contributed by atoms with van der Waals surface area (Å²) in [6.07, 6.45) is 0. The lowest BCUT2D eigenvalue weighted by molar-refractivity contribution is -0.113. The minimum absolute atomic E-state index is 0.0137. The van der Waals surface area contributed by atoms with Crippen molar-refractivity contribution in [2.75, 3.05) is 11.1 Å². The molecular formula is C15H13ClN2O4S. The van der Waals surface area contributed by atoms with E-state index in [4.69, 9.17) is 17.3 Å². The SMILES string of the molecule is NC(=O)c1ccccc1NC(=O)CS(=O)(=O)c1ccc(Cl)cc1. The molecule has 0 bridgehead atoms. The average molecular weight is 353 g/mol. The number of para-hydroxylation sites is 1. The summed E-state index contributed by atoms with van der Waals surface area (Å²) in [5.74, 6) is -2.25. The Morgan fingerprint density at radius 3 is 2.26 bits per heavy atom. The van der Waals surface area contributed by atoms with Crippen LogP contribution < -0.4 is 11.1 Å². The zero-order valence-corrected chi connectivity index (χ0v) is 13.4. The quantitative estimate of drug-likeness (QED) is 0.856. The van der Waals surface area contributed by atoms with Crippen LogP contribution in [0.4, 0.5) is 5.69 Å². The van der Waals surface area contributed by atoms with Gasteiger partial charge in [-0.15, -0.1) is 0 Å². The molecule has 2 aromatic rings. The molecule has 0 aliphatic carbocycles. The molecule has 120 valence electrons. The van der Waals surface area contributed by atoms with Gasteiger partial charge in [0.15, 0.2) is 9.84 Å². The number of halogens is 1. The minimum Gasteiger partial charge on any atom is -0.366 e. The first-order valence-electron chi connectivity index (χ1n) is 6.46. The maximum Gasteiger partial charge on any atom is 0.250 e. The van der Waals surface area contributed by atoms with Gasteiger partial charge < -0.3 is 11.1 Å². The maximum atomic E-state index is 12.2. The number of primary amides is 1. The number of nitrogens with one attached hydrogen (secondary N) is 1. The molecule has 0 unspecified atom stereocenters. The van der Waals surface area contributed by atoms with Gasteiger partial charge in [-0.05, 0) is 36.4 Å². The van der Waals surface area contributed by atoms with Crippen LogP contribution in [0.5, 0.6) is 0 Å². The molecular weight excluding hydrogens is 340 g/mol. The van der Waals surface area contributed by atoms with E-state index in [1.807, 2.05) is 0 Å². The number of amides is 2.